The number of hydrogen-bond acceptors (Lipinski definition) is 2. The smallest absolute Gasteiger partial charge is 0.164 e. The summed E-state index contributed by atoms with van der Waals surface area (Å²) in [6, 6.07) is 8.54. The molecule has 1 aromatic carbocycles. The quantitative estimate of drug-likeness (QED) is 0.807. The topological polar surface area (TPSA) is 29.1 Å². The largest absolute Gasteiger partial charge is 0.314 e. The number of rotatable bonds is 5. The maximum absolute atomic E-state index is 12.1. The van der Waals surface area contributed by atoms with E-state index in [2.05, 4.69) is 31.3 Å². The summed E-state index contributed by atoms with van der Waals surface area (Å²) >= 11 is 0. The molecule has 0 radical (unpaired) electrons. The van der Waals surface area contributed by atoms with Crippen molar-refractivity contribution in [3.63, 3.8) is 0 Å². The van der Waals surface area contributed by atoms with Crippen molar-refractivity contribution in [2.24, 2.45) is 5.92 Å². The Labute approximate surface area is 110 Å². The highest BCUT2D eigenvalue weighted by Crippen LogP contribution is 2.15. The second kappa shape index (κ2) is 6.14. The van der Waals surface area contributed by atoms with Gasteiger partial charge in [0.25, 0.3) is 0 Å². The minimum Gasteiger partial charge on any atom is -0.314 e. The summed E-state index contributed by atoms with van der Waals surface area (Å²) in [6.07, 6.45) is 4.06. The number of hydrogen-bond donors (Lipinski definition) is 1. The molecule has 2 rings (SSSR count). The zero-order valence-corrected chi connectivity index (χ0v) is 11.4. The maximum atomic E-state index is 12.1. The van der Waals surface area contributed by atoms with Gasteiger partial charge in [0.1, 0.15) is 0 Å². The van der Waals surface area contributed by atoms with Crippen molar-refractivity contribution in [1.29, 1.82) is 0 Å². The summed E-state index contributed by atoms with van der Waals surface area (Å²) in [5, 5.41) is 3.37. The van der Waals surface area contributed by atoms with Crippen molar-refractivity contribution >= 4 is 5.78 Å². The predicted octanol–water partition coefficient (Wildman–Crippen LogP) is 3.21. The van der Waals surface area contributed by atoms with Gasteiger partial charge in [-0.15, -0.1) is 0 Å². The molecule has 1 aliphatic heterocycles. The average molecular weight is 245 g/mol. The first-order chi connectivity index (χ1) is 8.65. The molecule has 1 aromatic rings. The lowest BCUT2D eigenvalue weighted by molar-refractivity contribution is 0.0971. The molecular formula is C16H23NO. The molecule has 1 saturated heterocycles. The maximum Gasteiger partial charge on any atom is 0.164 e. The number of carbonyl (C=O) groups excluding carboxylic acids is 1. The second-order valence-electron chi connectivity index (χ2n) is 5.72. The molecule has 0 saturated carbocycles. The van der Waals surface area contributed by atoms with Crippen molar-refractivity contribution in [2.75, 3.05) is 6.54 Å². The van der Waals surface area contributed by atoms with E-state index in [1.807, 2.05) is 12.1 Å². The fourth-order valence-corrected chi connectivity index (χ4v) is 2.57. The molecule has 1 heterocycles. The number of Topliss-reactive ketones (excluding diaryl/α,β-unsaturated/α-hetero) is 1. The third-order valence-electron chi connectivity index (χ3n) is 3.51. The molecule has 1 unspecified atom stereocenters. The Hall–Kier alpha value is -1.15. The Balaban J connectivity index is 1.93. The van der Waals surface area contributed by atoms with E-state index >= 15 is 0 Å². The van der Waals surface area contributed by atoms with E-state index in [0.29, 0.717) is 18.4 Å². The van der Waals surface area contributed by atoms with E-state index in [1.54, 1.807) is 0 Å². The van der Waals surface area contributed by atoms with Gasteiger partial charge >= 0.3 is 0 Å². The highest BCUT2D eigenvalue weighted by Gasteiger charge is 2.18. The van der Waals surface area contributed by atoms with Crippen LogP contribution in [0.25, 0.3) is 0 Å². The Morgan fingerprint density at radius 3 is 2.61 bits per heavy atom. The van der Waals surface area contributed by atoms with E-state index in [0.717, 1.165) is 24.9 Å². The van der Waals surface area contributed by atoms with Gasteiger partial charge in [0.2, 0.25) is 0 Å². The van der Waals surface area contributed by atoms with Crippen LogP contribution in [0.1, 0.15) is 49.0 Å². The summed E-state index contributed by atoms with van der Waals surface area (Å²) in [4.78, 5) is 12.1. The molecule has 18 heavy (non-hydrogen) atoms. The van der Waals surface area contributed by atoms with Gasteiger partial charge < -0.3 is 5.32 Å². The van der Waals surface area contributed by atoms with Crippen molar-refractivity contribution in [1.82, 2.24) is 5.32 Å². The lowest BCUT2D eigenvalue weighted by Crippen LogP contribution is -2.24. The predicted molar refractivity (Wildman–Crippen MR) is 75.0 cm³/mol. The van der Waals surface area contributed by atoms with Crippen LogP contribution in [0, 0.1) is 5.92 Å². The molecule has 1 atom stereocenters. The van der Waals surface area contributed by atoms with Gasteiger partial charge in [-0.05, 0) is 37.3 Å². The van der Waals surface area contributed by atoms with Crippen molar-refractivity contribution in [2.45, 2.75) is 45.6 Å². The van der Waals surface area contributed by atoms with Crippen LogP contribution in [-0.4, -0.2) is 18.4 Å². The Morgan fingerprint density at radius 1 is 1.33 bits per heavy atom. The highest BCUT2D eigenvalue weighted by atomic mass is 16.1. The van der Waals surface area contributed by atoms with Crippen LogP contribution in [0.2, 0.25) is 0 Å². The van der Waals surface area contributed by atoms with Crippen LogP contribution in [-0.2, 0) is 6.42 Å². The molecule has 2 heteroatoms. The van der Waals surface area contributed by atoms with Gasteiger partial charge in [0, 0.05) is 18.0 Å². The minimum atomic E-state index is 0.269. The number of ketones is 1. The third kappa shape index (κ3) is 3.67. The molecule has 1 aliphatic rings. The first-order valence-corrected chi connectivity index (χ1v) is 7.00. The summed E-state index contributed by atoms with van der Waals surface area (Å²) < 4.78 is 0. The Kier molecular flexibility index (Phi) is 4.54. The number of nitrogens with one attached hydrogen (secondary N) is 1. The monoisotopic (exact) mass is 245 g/mol. The van der Waals surface area contributed by atoms with E-state index < -0.39 is 0 Å². The molecule has 0 spiro atoms. The van der Waals surface area contributed by atoms with Gasteiger partial charge in [0.15, 0.2) is 5.78 Å². The van der Waals surface area contributed by atoms with E-state index in [-0.39, 0.29) is 5.78 Å². The molecule has 0 bridgehead atoms. The van der Waals surface area contributed by atoms with Gasteiger partial charge in [0.05, 0.1) is 0 Å². The van der Waals surface area contributed by atoms with Crippen LogP contribution in [0.15, 0.2) is 24.3 Å². The summed E-state index contributed by atoms with van der Waals surface area (Å²) in [6.45, 7) is 5.49. The van der Waals surface area contributed by atoms with Crippen molar-refractivity contribution in [3.05, 3.63) is 35.4 Å². The zero-order valence-electron chi connectivity index (χ0n) is 11.4. The summed E-state index contributed by atoms with van der Waals surface area (Å²) in [7, 11) is 0. The molecule has 98 valence electrons. The molecule has 0 aliphatic carbocycles. The van der Waals surface area contributed by atoms with Gasteiger partial charge in [-0.25, -0.2) is 0 Å². The average Bonchev–Trinajstić information content (AvgIpc) is 2.82. The van der Waals surface area contributed by atoms with Gasteiger partial charge in [-0.2, -0.15) is 0 Å². The summed E-state index contributed by atoms with van der Waals surface area (Å²) in [5.74, 6) is 0.930. The van der Waals surface area contributed by atoms with E-state index in [4.69, 9.17) is 0 Å². The van der Waals surface area contributed by atoms with Gasteiger partial charge in [-0.3, -0.25) is 4.79 Å². The lowest BCUT2D eigenvalue weighted by atomic mass is 9.98. The SMILES string of the molecule is CC(C)Cc1ccc(C(=O)CC2CCCN2)cc1. The zero-order chi connectivity index (χ0) is 13.0. The molecule has 1 N–H and O–H groups in total. The van der Waals surface area contributed by atoms with Crippen LogP contribution >= 0.6 is 0 Å². The van der Waals surface area contributed by atoms with E-state index in [1.165, 1.54) is 12.0 Å². The molecule has 0 amide bonds. The Morgan fingerprint density at radius 2 is 2.06 bits per heavy atom. The number of carbonyl (C=O) groups is 1. The standard InChI is InChI=1S/C16H23NO/c1-12(2)10-13-5-7-14(8-6-13)16(18)11-15-4-3-9-17-15/h5-8,12,15,17H,3-4,9-11H2,1-2H3. The van der Waals surface area contributed by atoms with Crippen LogP contribution in [0.3, 0.4) is 0 Å². The fourth-order valence-electron chi connectivity index (χ4n) is 2.57. The third-order valence-corrected chi connectivity index (χ3v) is 3.51. The second-order valence-corrected chi connectivity index (χ2v) is 5.72. The molecule has 0 aromatic heterocycles. The fraction of sp³-hybridized carbons (Fsp3) is 0.562. The van der Waals surface area contributed by atoms with Crippen LogP contribution in [0.4, 0.5) is 0 Å². The van der Waals surface area contributed by atoms with Crippen molar-refractivity contribution < 1.29 is 4.79 Å². The van der Waals surface area contributed by atoms with Gasteiger partial charge in [-0.1, -0.05) is 38.1 Å². The lowest BCUT2D eigenvalue weighted by Gasteiger charge is -2.10. The Bertz CT molecular complexity index is 388. The molecular weight excluding hydrogens is 222 g/mol. The van der Waals surface area contributed by atoms with E-state index in [9.17, 15) is 4.79 Å². The van der Waals surface area contributed by atoms with Crippen LogP contribution in [0.5, 0.6) is 0 Å². The first-order valence-electron chi connectivity index (χ1n) is 7.00. The highest BCUT2D eigenvalue weighted by molar-refractivity contribution is 5.96. The molecule has 1 fully saturated rings. The summed E-state index contributed by atoms with van der Waals surface area (Å²) in [5.41, 5.74) is 2.18. The minimum absolute atomic E-state index is 0.269. The normalized spacial score (nSPS) is 19.4. The number of benzene rings is 1. The van der Waals surface area contributed by atoms with Crippen LogP contribution < -0.4 is 5.32 Å². The van der Waals surface area contributed by atoms with Crippen molar-refractivity contribution in [3.8, 4) is 0 Å². The first kappa shape index (κ1) is 13.3. The molecule has 2 nitrogen and oxygen atoms in total.